The predicted octanol–water partition coefficient (Wildman–Crippen LogP) is 5.03. The quantitative estimate of drug-likeness (QED) is 0.491. The molecule has 0 spiro atoms. The van der Waals surface area contributed by atoms with Crippen LogP contribution in [0.2, 0.25) is 0 Å². The van der Waals surface area contributed by atoms with Crippen molar-refractivity contribution in [2.24, 2.45) is 0 Å². The number of methoxy groups -OCH3 is 1. The first-order chi connectivity index (χ1) is 14.1. The van der Waals surface area contributed by atoms with Gasteiger partial charge in [0.2, 0.25) is 5.91 Å². The van der Waals surface area contributed by atoms with Gasteiger partial charge in [-0.2, -0.15) is 0 Å². The number of amides is 1. The van der Waals surface area contributed by atoms with Crippen molar-refractivity contribution in [3.8, 4) is 11.5 Å². The Morgan fingerprint density at radius 2 is 1.93 bits per heavy atom. The molecule has 1 aliphatic heterocycles. The molecule has 0 bridgehead atoms. The van der Waals surface area contributed by atoms with Gasteiger partial charge in [0.05, 0.1) is 7.11 Å². The number of benzene rings is 3. The lowest BCUT2D eigenvalue weighted by Gasteiger charge is -2.28. The molecule has 1 atom stereocenters. The van der Waals surface area contributed by atoms with Gasteiger partial charge in [-0.15, -0.1) is 0 Å². The molecule has 1 N–H and O–H groups in total. The van der Waals surface area contributed by atoms with Crippen LogP contribution in [0.15, 0.2) is 54.6 Å². The van der Waals surface area contributed by atoms with Gasteiger partial charge in [-0.1, -0.05) is 43.3 Å². The molecule has 0 aliphatic carbocycles. The SMILES string of the molecule is CCCC(=O)Oc1ccc(C2CC(=O)Nc3ccc4ccccc4c32)cc1OC. The second-order valence-electron chi connectivity index (χ2n) is 7.19. The van der Waals surface area contributed by atoms with Crippen molar-refractivity contribution in [3.63, 3.8) is 0 Å². The maximum absolute atomic E-state index is 12.4. The Hall–Kier alpha value is -3.34. The summed E-state index contributed by atoms with van der Waals surface area (Å²) < 4.78 is 10.9. The molecule has 5 nitrogen and oxygen atoms in total. The summed E-state index contributed by atoms with van der Waals surface area (Å²) in [6.07, 6.45) is 1.42. The third kappa shape index (κ3) is 3.68. The Morgan fingerprint density at radius 3 is 2.72 bits per heavy atom. The van der Waals surface area contributed by atoms with E-state index in [4.69, 9.17) is 9.47 Å². The number of ether oxygens (including phenoxy) is 2. The predicted molar refractivity (Wildman–Crippen MR) is 113 cm³/mol. The zero-order valence-electron chi connectivity index (χ0n) is 16.5. The van der Waals surface area contributed by atoms with Crippen molar-refractivity contribution in [1.82, 2.24) is 0 Å². The molecule has 3 aromatic carbocycles. The molecule has 3 aromatic rings. The Balaban J connectivity index is 1.78. The molecule has 0 saturated carbocycles. The fourth-order valence-corrected chi connectivity index (χ4v) is 3.92. The van der Waals surface area contributed by atoms with Gasteiger partial charge in [0.15, 0.2) is 11.5 Å². The highest BCUT2D eigenvalue weighted by Gasteiger charge is 2.29. The van der Waals surface area contributed by atoms with Crippen LogP contribution in [0.3, 0.4) is 0 Å². The van der Waals surface area contributed by atoms with Crippen LogP contribution >= 0.6 is 0 Å². The number of nitrogens with one attached hydrogen (secondary N) is 1. The molecule has 0 aromatic heterocycles. The van der Waals surface area contributed by atoms with Crippen LogP contribution < -0.4 is 14.8 Å². The Kier molecular flexibility index (Phi) is 5.21. The van der Waals surface area contributed by atoms with E-state index in [1.54, 1.807) is 13.2 Å². The monoisotopic (exact) mass is 389 g/mol. The minimum absolute atomic E-state index is 0.0183. The molecule has 1 unspecified atom stereocenters. The summed E-state index contributed by atoms with van der Waals surface area (Å²) in [7, 11) is 1.55. The average molecular weight is 389 g/mol. The van der Waals surface area contributed by atoms with Gasteiger partial charge in [-0.25, -0.2) is 0 Å². The molecule has 1 amide bonds. The molecule has 29 heavy (non-hydrogen) atoms. The molecular formula is C24H23NO4. The third-order valence-corrected chi connectivity index (χ3v) is 5.25. The lowest BCUT2D eigenvalue weighted by Crippen LogP contribution is -2.23. The number of anilines is 1. The van der Waals surface area contributed by atoms with Gasteiger partial charge in [0.1, 0.15) is 0 Å². The Morgan fingerprint density at radius 1 is 1.10 bits per heavy atom. The zero-order valence-corrected chi connectivity index (χ0v) is 16.5. The number of hydrogen-bond acceptors (Lipinski definition) is 4. The number of fused-ring (bicyclic) bond motifs is 3. The molecule has 0 saturated heterocycles. The van der Waals surface area contributed by atoms with E-state index in [1.807, 2.05) is 43.3 Å². The first-order valence-electron chi connectivity index (χ1n) is 9.80. The summed E-state index contributed by atoms with van der Waals surface area (Å²) in [6.45, 7) is 1.93. The van der Waals surface area contributed by atoms with Crippen molar-refractivity contribution >= 4 is 28.3 Å². The minimum Gasteiger partial charge on any atom is -0.493 e. The highest BCUT2D eigenvalue weighted by Crippen LogP contribution is 2.43. The van der Waals surface area contributed by atoms with Crippen LogP contribution in [0.5, 0.6) is 11.5 Å². The van der Waals surface area contributed by atoms with Crippen LogP contribution in [-0.2, 0) is 9.59 Å². The second-order valence-corrected chi connectivity index (χ2v) is 7.19. The highest BCUT2D eigenvalue weighted by atomic mass is 16.6. The molecule has 4 rings (SSSR count). The third-order valence-electron chi connectivity index (χ3n) is 5.25. The second kappa shape index (κ2) is 7.95. The van der Waals surface area contributed by atoms with Gasteiger partial charge in [-0.3, -0.25) is 9.59 Å². The Labute approximate surface area is 169 Å². The topological polar surface area (TPSA) is 64.6 Å². The van der Waals surface area contributed by atoms with E-state index in [1.165, 1.54) is 0 Å². The summed E-state index contributed by atoms with van der Waals surface area (Å²) in [5.74, 6) is 0.467. The minimum atomic E-state index is -0.285. The van der Waals surface area contributed by atoms with Crippen LogP contribution in [-0.4, -0.2) is 19.0 Å². The Bertz CT molecular complexity index is 1090. The number of carbonyl (C=O) groups is 2. The van der Waals surface area contributed by atoms with Crippen molar-refractivity contribution in [2.45, 2.75) is 32.1 Å². The zero-order chi connectivity index (χ0) is 20.4. The van der Waals surface area contributed by atoms with Crippen molar-refractivity contribution in [2.75, 3.05) is 12.4 Å². The normalized spacial score (nSPS) is 15.5. The van der Waals surface area contributed by atoms with Gasteiger partial charge >= 0.3 is 5.97 Å². The summed E-state index contributed by atoms with van der Waals surface area (Å²) >= 11 is 0. The average Bonchev–Trinajstić information content (AvgIpc) is 2.73. The van der Waals surface area contributed by atoms with Crippen LogP contribution in [0, 0.1) is 0 Å². The van der Waals surface area contributed by atoms with Gasteiger partial charge < -0.3 is 14.8 Å². The number of hydrogen-bond donors (Lipinski definition) is 1. The largest absolute Gasteiger partial charge is 0.493 e. The van der Waals surface area contributed by atoms with Gasteiger partial charge in [0, 0.05) is 24.4 Å². The van der Waals surface area contributed by atoms with Crippen LogP contribution in [0.25, 0.3) is 10.8 Å². The molecule has 1 heterocycles. The summed E-state index contributed by atoms with van der Waals surface area (Å²) in [6, 6.07) is 17.7. The van der Waals surface area contributed by atoms with E-state index >= 15 is 0 Å². The molecule has 148 valence electrons. The van der Waals surface area contributed by atoms with Crippen molar-refractivity contribution in [3.05, 3.63) is 65.7 Å². The van der Waals surface area contributed by atoms with Crippen molar-refractivity contribution < 1.29 is 19.1 Å². The smallest absolute Gasteiger partial charge is 0.311 e. The fraction of sp³-hybridized carbons (Fsp3) is 0.250. The first kappa shape index (κ1) is 19.0. The molecule has 5 heteroatoms. The number of esters is 1. The maximum Gasteiger partial charge on any atom is 0.311 e. The van der Waals surface area contributed by atoms with Crippen molar-refractivity contribution in [1.29, 1.82) is 0 Å². The summed E-state index contributed by atoms with van der Waals surface area (Å²) in [5, 5.41) is 5.24. The van der Waals surface area contributed by atoms with E-state index in [-0.39, 0.29) is 17.8 Å². The summed E-state index contributed by atoms with van der Waals surface area (Å²) in [4.78, 5) is 24.3. The maximum atomic E-state index is 12.4. The summed E-state index contributed by atoms with van der Waals surface area (Å²) in [5.41, 5.74) is 2.88. The first-order valence-corrected chi connectivity index (χ1v) is 9.80. The molecular weight excluding hydrogens is 366 g/mol. The van der Waals surface area contributed by atoms with Gasteiger partial charge in [0.25, 0.3) is 0 Å². The van der Waals surface area contributed by atoms with E-state index in [2.05, 4.69) is 17.4 Å². The van der Waals surface area contributed by atoms with E-state index in [9.17, 15) is 9.59 Å². The lowest BCUT2D eigenvalue weighted by atomic mass is 9.82. The lowest BCUT2D eigenvalue weighted by molar-refractivity contribution is -0.134. The standard InChI is InChI=1S/C24H23NO4/c1-3-6-23(27)29-20-12-10-16(13-21(20)28-2)18-14-22(26)25-19-11-9-15-7-4-5-8-17(15)24(18)19/h4-5,7-13,18H,3,6,14H2,1-2H3,(H,25,26). The van der Waals surface area contributed by atoms with Crippen LogP contribution in [0.1, 0.15) is 43.2 Å². The van der Waals surface area contributed by atoms with Crippen LogP contribution in [0.4, 0.5) is 5.69 Å². The molecule has 0 fully saturated rings. The van der Waals surface area contributed by atoms with Gasteiger partial charge in [-0.05, 0) is 46.5 Å². The highest BCUT2D eigenvalue weighted by molar-refractivity contribution is 6.01. The van der Waals surface area contributed by atoms with E-state index in [0.29, 0.717) is 24.3 Å². The van der Waals surface area contributed by atoms with E-state index < -0.39 is 0 Å². The van der Waals surface area contributed by atoms with E-state index in [0.717, 1.165) is 34.0 Å². The number of rotatable bonds is 5. The fourth-order valence-electron chi connectivity index (χ4n) is 3.92. The number of carbonyl (C=O) groups excluding carboxylic acids is 2. The molecule has 0 radical (unpaired) electrons. The molecule has 1 aliphatic rings.